The average molecular weight is 250 g/mol. The molecule has 1 aromatic heterocycles. The maximum atomic E-state index is 11.6. The zero-order valence-corrected chi connectivity index (χ0v) is 10.0. The summed E-state index contributed by atoms with van der Waals surface area (Å²) < 4.78 is 1.86. The van der Waals surface area contributed by atoms with Gasteiger partial charge in [0, 0.05) is 38.7 Å². The van der Waals surface area contributed by atoms with Crippen LogP contribution in [0.15, 0.2) is 17.5 Å². The number of carbonyl (C=O) groups excluding carboxylic acids is 1. The highest BCUT2D eigenvalue weighted by Crippen LogP contribution is 2.10. The van der Waals surface area contributed by atoms with E-state index in [9.17, 15) is 9.59 Å². The quantitative estimate of drug-likeness (QED) is 0.816. The largest absolute Gasteiger partial charge is 0.477 e. The fraction of sp³-hybridized carbons (Fsp3) is 0.455. The van der Waals surface area contributed by atoms with E-state index in [1.54, 1.807) is 6.20 Å². The molecule has 1 amide bonds. The van der Waals surface area contributed by atoms with Gasteiger partial charge in [-0.1, -0.05) is 0 Å². The Labute approximate surface area is 104 Å². The minimum absolute atomic E-state index is 0.0365. The van der Waals surface area contributed by atoms with Gasteiger partial charge in [-0.05, 0) is 0 Å². The van der Waals surface area contributed by atoms with Crippen LogP contribution in [0.1, 0.15) is 18.7 Å². The zero-order valence-electron chi connectivity index (χ0n) is 10.0. The molecule has 0 aromatic carbocycles. The van der Waals surface area contributed by atoms with Crippen LogP contribution in [-0.4, -0.2) is 43.8 Å². The van der Waals surface area contributed by atoms with Gasteiger partial charge >= 0.3 is 5.97 Å². The van der Waals surface area contributed by atoms with Crippen molar-refractivity contribution in [2.45, 2.75) is 19.3 Å². The van der Waals surface area contributed by atoms with Crippen molar-refractivity contribution in [1.29, 1.82) is 0 Å². The monoisotopic (exact) mass is 250 g/mol. The summed E-state index contributed by atoms with van der Waals surface area (Å²) in [4.78, 5) is 26.6. The van der Waals surface area contributed by atoms with Crippen molar-refractivity contribution in [3.05, 3.63) is 18.2 Å². The number of aromatic nitrogens is 2. The van der Waals surface area contributed by atoms with Gasteiger partial charge < -0.3 is 9.67 Å². The molecule has 0 fully saturated rings. The Hall–Kier alpha value is -2.18. The van der Waals surface area contributed by atoms with Crippen molar-refractivity contribution in [2.75, 3.05) is 6.54 Å². The maximum Gasteiger partial charge on any atom is 0.352 e. The van der Waals surface area contributed by atoms with E-state index in [2.05, 4.69) is 10.1 Å². The Bertz CT molecular complexity index is 506. The molecule has 0 saturated carbocycles. The normalized spacial score (nSPS) is 15.7. The number of hydrogen-bond donors (Lipinski definition) is 1. The van der Waals surface area contributed by atoms with E-state index in [0.717, 1.165) is 5.82 Å². The van der Waals surface area contributed by atoms with Gasteiger partial charge in [0.2, 0.25) is 5.91 Å². The topological polar surface area (TPSA) is 87.8 Å². The second-order valence-electron chi connectivity index (χ2n) is 4.07. The van der Waals surface area contributed by atoms with Crippen LogP contribution in [0.4, 0.5) is 0 Å². The summed E-state index contributed by atoms with van der Waals surface area (Å²) in [6, 6.07) is 0. The molecule has 7 heteroatoms. The number of imidazole rings is 1. The minimum Gasteiger partial charge on any atom is -0.477 e. The van der Waals surface area contributed by atoms with Crippen LogP contribution in [0.3, 0.4) is 0 Å². The molecule has 0 radical (unpaired) electrons. The fourth-order valence-electron chi connectivity index (χ4n) is 1.77. The Morgan fingerprint density at radius 2 is 2.28 bits per heavy atom. The molecule has 1 aliphatic heterocycles. The molecule has 0 bridgehead atoms. The number of aryl methyl sites for hydroxylation is 1. The summed E-state index contributed by atoms with van der Waals surface area (Å²) in [5.41, 5.74) is 0.0365. The van der Waals surface area contributed by atoms with Crippen LogP contribution in [-0.2, 0) is 23.1 Å². The van der Waals surface area contributed by atoms with Crippen molar-refractivity contribution in [1.82, 2.24) is 14.6 Å². The number of hydrogen-bond acceptors (Lipinski definition) is 4. The van der Waals surface area contributed by atoms with E-state index in [4.69, 9.17) is 5.11 Å². The highest BCUT2D eigenvalue weighted by atomic mass is 16.4. The van der Waals surface area contributed by atoms with Gasteiger partial charge in [-0.3, -0.25) is 4.79 Å². The van der Waals surface area contributed by atoms with E-state index >= 15 is 0 Å². The second-order valence-corrected chi connectivity index (χ2v) is 4.07. The van der Waals surface area contributed by atoms with Crippen LogP contribution in [0.2, 0.25) is 0 Å². The predicted octanol–water partition coefficient (Wildman–Crippen LogP) is 0.0256. The number of carboxylic acid groups (broad SMARTS) is 1. The van der Waals surface area contributed by atoms with Crippen molar-refractivity contribution >= 4 is 17.6 Å². The maximum absolute atomic E-state index is 11.6. The molecule has 0 saturated heterocycles. The molecular formula is C11H14N4O3. The Kier molecular flexibility index (Phi) is 3.40. The smallest absolute Gasteiger partial charge is 0.352 e. The number of aliphatic carboxylic acids is 1. The molecule has 1 aliphatic rings. The Morgan fingerprint density at radius 3 is 2.89 bits per heavy atom. The average Bonchev–Trinajstić information content (AvgIpc) is 2.73. The van der Waals surface area contributed by atoms with Gasteiger partial charge in [-0.15, -0.1) is 0 Å². The fourth-order valence-corrected chi connectivity index (χ4v) is 1.77. The van der Waals surface area contributed by atoms with E-state index in [1.165, 1.54) is 5.01 Å². The highest BCUT2D eigenvalue weighted by Gasteiger charge is 2.23. The predicted molar refractivity (Wildman–Crippen MR) is 62.9 cm³/mol. The highest BCUT2D eigenvalue weighted by molar-refractivity contribution is 6.36. The SMILES string of the molecule is Cn1ccnc1CCN1N=C(C(=O)O)CCC1=O. The second kappa shape index (κ2) is 4.99. The summed E-state index contributed by atoms with van der Waals surface area (Å²) in [6.45, 7) is 0.348. The molecule has 1 N–H and O–H groups in total. The number of amides is 1. The summed E-state index contributed by atoms with van der Waals surface area (Å²) in [5, 5.41) is 13.9. The number of carboxylic acids is 1. The number of rotatable bonds is 4. The first-order valence-electron chi connectivity index (χ1n) is 5.65. The molecule has 7 nitrogen and oxygen atoms in total. The molecule has 0 spiro atoms. The molecular weight excluding hydrogens is 236 g/mol. The van der Waals surface area contributed by atoms with Crippen molar-refractivity contribution in [2.24, 2.45) is 12.1 Å². The minimum atomic E-state index is -1.07. The van der Waals surface area contributed by atoms with E-state index in [-0.39, 0.29) is 24.5 Å². The lowest BCUT2D eigenvalue weighted by atomic mass is 10.1. The van der Waals surface area contributed by atoms with Gasteiger partial charge in [0.15, 0.2) is 0 Å². The molecule has 0 aliphatic carbocycles. The van der Waals surface area contributed by atoms with Crippen LogP contribution in [0.25, 0.3) is 0 Å². The van der Waals surface area contributed by atoms with Crippen molar-refractivity contribution < 1.29 is 14.7 Å². The van der Waals surface area contributed by atoms with Crippen molar-refractivity contribution in [3.8, 4) is 0 Å². The number of hydrazone groups is 1. The third kappa shape index (κ3) is 2.55. The third-order valence-corrected chi connectivity index (χ3v) is 2.82. The lowest BCUT2D eigenvalue weighted by Crippen LogP contribution is -2.35. The van der Waals surface area contributed by atoms with E-state index < -0.39 is 5.97 Å². The standard InChI is InChI=1S/C11H14N4O3/c1-14-7-5-12-9(14)4-6-15-10(16)3-2-8(13-15)11(17)18/h5,7H,2-4,6H2,1H3,(H,17,18). The lowest BCUT2D eigenvalue weighted by molar-refractivity contribution is -0.132. The van der Waals surface area contributed by atoms with Gasteiger partial charge in [0.1, 0.15) is 11.5 Å². The third-order valence-electron chi connectivity index (χ3n) is 2.82. The molecule has 96 valence electrons. The molecule has 2 rings (SSSR count). The molecule has 2 heterocycles. The molecule has 0 atom stereocenters. The molecule has 1 aromatic rings. The lowest BCUT2D eigenvalue weighted by Gasteiger charge is -2.21. The summed E-state index contributed by atoms with van der Waals surface area (Å²) in [6.07, 6.45) is 4.45. The summed E-state index contributed by atoms with van der Waals surface area (Å²) in [5.74, 6) is -0.376. The first kappa shape index (κ1) is 12.3. The van der Waals surface area contributed by atoms with E-state index in [1.807, 2.05) is 17.8 Å². The summed E-state index contributed by atoms with van der Waals surface area (Å²) >= 11 is 0. The first-order chi connectivity index (χ1) is 8.58. The van der Waals surface area contributed by atoms with E-state index in [0.29, 0.717) is 13.0 Å². The van der Waals surface area contributed by atoms with Crippen LogP contribution in [0.5, 0.6) is 0 Å². The van der Waals surface area contributed by atoms with Crippen molar-refractivity contribution in [3.63, 3.8) is 0 Å². The van der Waals surface area contributed by atoms with Gasteiger partial charge in [0.05, 0.1) is 6.54 Å². The summed E-state index contributed by atoms with van der Waals surface area (Å²) in [7, 11) is 1.87. The zero-order chi connectivity index (χ0) is 13.1. The Balaban J connectivity index is 2.03. The van der Waals surface area contributed by atoms with Gasteiger partial charge in [-0.25, -0.2) is 14.8 Å². The number of nitrogens with zero attached hydrogens (tertiary/aromatic N) is 4. The van der Waals surface area contributed by atoms with Crippen LogP contribution >= 0.6 is 0 Å². The van der Waals surface area contributed by atoms with Gasteiger partial charge in [-0.2, -0.15) is 5.10 Å². The molecule has 18 heavy (non-hydrogen) atoms. The van der Waals surface area contributed by atoms with Crippen LogP contribution in [0, 0.1) is 0 Å². The van der Waals surface area contributed by atoms with Crippen LogP contribution < -0.4 is 0 Å². The number of carbonyl (C=O) groups is 2. The molecule has 0 unspecified atom stereocenters. The van der Waals surface area contributed by atoms with Gasteiger partial charge in [0.25, 0.3) is 0 Å². The Morgan fingerprint density at radius 1 is 1.50 bits per heavy atom. The first-order valence-corrected chi connectivity index (χ1v) is 5.65.